The SMILES string of the molecule is CC(C)OCc1ccccc1CNC(=O)c1cccc(S(=O)(=O)NC2CCCC2)c1. The molecule has 1 aliphatic carbocycles. The molecule has 1 amide bonds. The van der Waals surface area contributed by atoms with E-state index in [0.717, 1.165) is 36.8 Å². The number of carbonyl (C=O) groups is 1. The second-order valence-electron chi connectivity index (χ2n) is 7.94. The molecule has 7 heteroatoms. The predicted molar refractivity (Wildman–Crippen MR) is 117 cm³/mol. The first kappa shape index (κ1) is 22.5. The van der Waals surface area contributed by atoms with Gasteiger partial charge in [0.1, 0.15) is 0 Å². The van der Waals surface area contributed by atoms with Crippen LogP contribution in [-0.2, 0) is 27.9 Å². The summed E-state index contributed by atoms with van der Waals surface area (Å²) in [5.41, 5.74) is 2.31. The summed E-state index contributed by atoms with van der Waals surface area (Å²) in [5.74, 6) is -0.313. The fourth-order valence-electron chi connectivity index (χ4n) is 3.54. The summed E-state index contributed by atoms with van der Waals surface area (Å²) in [7, 11) is -3.64. The molecule has 0 unspecified atom stereocenters. The van der Waals surface area contributed by atoms with Crippen molar-refractivity contribution in [3.63, 3.8) is 0 Å². The van der Waals surface area contributed by atoms with Crippen molar-refractivity contribution >= 4 is 15.9 Å². The van der Waals surface area contributed by atoms with Crippen LogP contribution in [0, 0.1) is 0 Å². The number of sulfonamides is 1. The van der Waals surface area contributed by atoms with Crippen molar-refractivity contribution in [1.82, 2.24) is 10.0 Å². The van der Waals surface area contributed by atoms with Gasteiger partial charge >= 0.3 is 0 Å². The van der Waals surface area contributed by atoms with Gasteiger partial charge in [0.15, 0.2) is 0 Å². The third-order valence-electron chi connectivity index (χ3n) is 5.21. The number of carbonyl (C=O) groups excluding carboxylic acids is 1. The normalized spacial score (nSPS) is 14.9. The van der Waals surface area contributed by atoms with Crippen molar-refractivity contribution in [1.29, 1.82) is 0 Å². The Bertz CT molecular complexity index is 967. The number of hydrogen-bond acceptors (Lipinski definition) is 4. The van der Waals surface area contributed by atoms with E-state index in [1.807, 2.05) is 38.1 Å². The molecule has 0 aliphatic heterocycles. The van der Waals surface area contributed by atoms with E-state index < -0.39 is 10.0 Å². The topological polar surface area (TPSA) is 84.5 Å². The van der Waals surface area contributed by atoms with E-state index in [4.69, 9.17) is 4.74 Å². The molecule has 2 N–H and O–H groups in total. The largest absolute Gasteiger partial charge is 0.374 e. The van der Waals surface area contributed by atoms with Crippen LogP contribution in [0.3, 0.4) is 0 Å². The molecule has 2 aromatic rings. The molecule has 0 aromatic heterocycles. The van der Waals surface area contributed by atoms with Crippen molar-refractivity contribution in [3.8, 4) is 0 Å². The second-order valence-corrected chi connectivity index (χ2v) is 9.66. The van der Waals surface area contributed by atoms with Crippen LogP contribution >= 0.6 is 0 Å². The standard InChI is InChI=1S/C23H30N2O4S/c1-17(2)29-16-20-9-4-3-8-19(20)15-24-23(26)18-10-7-13-22(14-18)30(27,28)25-21-11-5-6-12-21/h3-4,7-10,13-14,17,21,25H,5-6,11-12,15-16H2,1-2H3,(H,24,26). The summed E-state index contributed by atoms with van der Waals surface area (Å²) in [6, 6.07) is 13.9. The van der Waals surface area contributed by atoms with Gasteiger partial charge in [0.25, 0.3) is 5.91 Å². The maximum atomic E-state index is 12.7. The van der Waals surface area contributed by atoms with E-state index in [1.165, 1.54) is 12.1 Å². The maximum absolute atomic E-state index is 12.7. The number of rotatable bonds is 9. The lowest BCUT2D eigenvalue weighted by Crippen LogP contribution is -2.33. The highest BCUT2D eigenvalue weighted by molar-refractivity contribution is 7.89. The minimum absolute atomic E-state index is 0.0166. The number of ether oxygens (including phenoxy) is 1. The van der Waals surface area contributed by atoms with Crippen LogP contribution in [0.4, 0.5) is 0 Å². The highest BCUT2D eigenvalue weighted by Crippen LogP contribution is 2.21. The first-order chi connectivity index (χ1) is 14.3. The summed E-state index contributed by atoms with van der Waals surface area (Å²) in [6.45, 7) is 4.78. The lowest BCUT2D eigenvalue weighted by Gasteiger charge is -2.14. The number of hydrogen-bond donors (Lipinski definition) is 2. The Morgan fingerprint density at radius 3 is 2.47 bits per heavy atom. The smallest absolute Gasteiger partial charge is 0.251 e. The van der Waals surface area contributed by atoms with Gasteiger partial charge in [-0.1, -0.05) is 43.2 Å². The van der Waals surface area contributed by atoms with Gasteiger partial charge in [-0.2, -0.15) is 0 Å². The van der Waals surface area contributed by atoms with E-state index in [2.05, 4.69) is 10.0 Å². The predicted octanol–water partition coefficient (Wildman–Crippen LogP) is 3.76. The minimum Gasteiger partial charge on any atom is -0.374 e. The van der Waals surface area contributed by atoms with E-state index in [1.54, 1.807) is 12.1 Å². The first-order valence-electron chi connectivity index (χ1n) is 10.4. The molecule has 0 spiro atoms. The Kier molecular flexibility index (Phi) is 7.64. The Morgan fingerprint density at radius 1 is 1.07 bits per heavy atom. The molecule has 3 rings (SSSR count). The molecule has 0 saturated heterocycles. The van der Waals surface area contributed by atoms with Gasteiger partial charge < -0.3 is 10.1 Å². The van der Waals surface area contributed by atoms with Gasteiger partial charge in [0.2, 0.25) is 10.0 Å². The van der Waals surface area contributed by atoms with E-state index in [-0.39, 0.29) is 22.9 Å². The van der Waals surface area contributed by atoms with E-state index in [9.17, 15) is 13.2 Å². The number of nitrogens with one attached hydrogen (secondary N) is 2. The lowest BCUT2D eigenvalue weighted by atomic mass is 10.1. The van der Waals surface area contributed by atoms with Crippen LogP contribution in [-0.4, -0.2) is 26.5 Å². The van der Waals surface area contributed by atoms with Gasteiger partial charge in [-0.15, -0.1) is 0 Å². The molecule has 162 valence electrons. The summed E-state index contributed by atoms with van der Waals surface area (Å²) in [6.07, 6.45) is 3.92. The van der Waals surface area contributed by atoms with Crippen LogP contribution in [0.5, 0.6) is 0 Å². The molecule has 1 aliphatic rings. The molecule has 0 atom stereocenters. The van der Waals surface area contributed by atoms with E-state index in [0.29, 0.717) is 18.7 Å². The number of amides is 1. The third kappa shape index (κ3) is 6.14. The third-order valence-corrected chi connectivity index (χ3v) is 6.73. The van der Waals surface area contributed by atoms with Crippen molar-refractivity contribution in [2.24, 2.45) is 0 Å². The molecule has 0 radical (unpaired) electrons. The Hall–Kier alpha value is -2.22. The van der Waals surface area contributed by atoms with Crippen LogP contribution in [0.25, 0.3) is 0 Å². The Morgan fingerprint density at radius 2 is 1.77 bits per heavy atom. The molecule has 2 aromatic carbocycles. The van der Waals surface area contributed by atoms with Crippen LogP contribution in [0.1, 0.15) is 61.0 Å². The van der Waals surface area contributed by atoms with Gasteiger partial charge in [0.05, 0.1) is 17.6 Å². The lowest BCUT2D eigenvalue weighted by molar-refractivity contribution is 0.0651. The zero-order chi connectivity index (χ0) is 21.6. The molecule has 30 heavy (non-hydrogen) atoms. The monoisotopic (exact) mass is 430 g/mol. The summed E-state index contributed by atoms with van der Waals surface area (Å²) in [5, 5.41) is 2.89. The van der Waals surface area contributed by atoms with Crippen molar-refractivity contribution in [2.45, 2.75) is 69.7 Å². The molecular weight excluding hydrogens is 400 g/mol. The first-order valence-corrected chi connectivity index (χ1v) is 11.9. The van der Waals surface area contributed by atoms with Crippen molar-refractivity contribution < 1.29 is 17.9 Å². The van der Waals surface area contributed by atoms with E-state index >= 15 is 0 Å². The highest BCUT2D eigenvalue weighted by atomic mass is 32.2. The molecule has 6 nitrogen and oxygen atoms in total. The Labute approximate surface area is 179 Å². The van der Waals surface area contributed by atoms with Crippen molar-refractivity contribution in [3.05, 3.63) is 65.2 Å². The van der Waals surface area contributed by atoms with Crippen molar-refractivity contribution in [2.75, 3.05) is 0 Å². The average molecular weight is 431 g/mol. The molecule has 0 bridgehead atoms. The van der Waals surface area contributed by atoms with Crippen LogP contribution < -0.4 is 10.0 Å². The number of benzene rings is 2. The highest BCUT2D eigenvalue weighted by Gasteiger charge is 2.23. The van der Waals surface area contributed by atoms with Crippen LogP contribution in [0.2, 0.25) is 0 Å². The van der Waals surface area contributed by atoms with Gasteiger partial charge in [-0.3, -0.25) is 4.79 Å². The molecule has 1 saturated carbocycles. The van der Waals surface area contributed by atoms with Gasteiger partial charge in [-0.25, -0.2) is 13.1 Å². The summed E-state index contributed by atoms with van der Waals surface area (Å²) < 4.78 is 33.7. The average Bonchev–Trinajstić information content (AvgIpc) is 3.23. The fraction of sp³-hybridized carbons (Fsp3) is 0.435. The molecular formula is C23H30N2O4S. The summed E-state index contributed by atoms with van der Waals surface area (Å²) in [4.78, 5) is 12.8. The Balaban J connectivity index is 1.66. The van der Waals surface area contributed by atoms with Gasteiger partial charge in [0, 0.05) is 18.2 Å². The van der Waals surface area contributed by atoms with Crippen LogP contribution in [0.15, 0.2) is 53.4 Å². The quantitative estimate of drug-likeness (QED) is 0.634. The maximum Gasteiger partial charge on any atom is 0.251 e. The second kappa shape index (κ2) is 10.2. The molecule has 0 heterocycles. The molecule has 1 fully saturated rings. The zero-order valence-electron chi connectivity index (χ0n) is 17.6. The zero-order valence-corrected chi connectivity index (χ0v) is 18.4. The fourth-order valence-corrected chi connectivity index (χ4v) is 4.89. The summed E-state index contributed by atoms with van der Waals surface area (Å²) >= 11 is 0. The van der Waals surface area contributed by atoms with Gasteiger partial charge in [-0.05, 0) is 56.0 Å². The minimum atomic E-state index is -3.64.